The van der Waals surface area contributed by atoms with E-state index in [4.69, 9.17) is 47.4 Å². The molecule has 22 nitrogen and oxygen atoms in total. The van der Waals surface area contributed by atoms with Crippen molar-refractivity contribution in [3.05, 3.63) is 150 Å². The maximum Gasteiger partial charge on any atom is 0.338 e. The van der Waals surface area contributed by atoms with Crippen LogP contribution in [0.15, 0.2) is 127 Å². The molecule has 3 saturated heterocycles. The summed E-state index contributed by atoms with van der Waals surface area (Å²) >= 11 is 15.6. The van der Waals surface area contributed by atoms with Crippen LogP contribution in [0, 0.1) is 23.5 Å². The normalized spacial score (nSPS) is 20.5. The SMILES string of the molecule is COC(=O)C1=C(C2CCN(S(=O)(=O)c3cn[nH]c3)CC2)NC(c2nccs2)=NC1c1ccc(F)cc1Cl.COC(=O)C1=C(C2CCN(S(=O)(=O)c3cnn(C[C@@H](C)O)c3)CC2)NC(c2nccs2)=NC1c1ccc(F)cc1Cl.C[C@@H]1CO1. The highest BCUT2D eigenvalue weighted by Crippen LogP contribution is 2.43. The van der Waals surface area contributed by atoms with Gasteiger partial charge in [0, 0.05) is 106 Å². The van der Waals surface area contributed by atoms with Crippen molar-refractivity contribution < 1.29 is 54.5 Å². The van der Waals surface area contributed by atoms with Gasteiger partial charge in [0.15, 0.2) is 21.7 Å². The van der Waals surface area contributed by atoms with E-state index in [1.165, 1.54) is 111 Å². The number of epoxide rings is 1. The fraction of sp³-hybridized carbons (Fsp3) is 0.385. The van der Waals surface area contributed by atoms with E-state index < -0.39 is 61.8 Å². The first-order valence-corrected chi connectivity index (χ1v) is 31.0. The number of methoxy groups -OCH3 is 2. The molecule has 0 bridgehead atoms. The smallest absolute Gasteiger partial charge is 0.338 e. The van der Waals surface area contributed by atoms with E-state index in [0.29, 0.717) is 76.0 Å². The number of esters is 2. The lowest BCUT2D eigenvalue weighted by molar-refractivity contribution is -0.137. The molecule has 4 atom stereocenters. The number of carbonyl (C=O) groups is 2. The van der Waals surface area contributed by atoms with Crippen molar-refractivity contribution in [1.82, 2.24) is 49.2 Å². The number of H-pyrrole nitrogens is 1. The van der Waals surface area contributed by atoms with E-state index >= 15 is 0 Å². The zero-order chi connectivity index (χ0) is 58.5. The number of benzene rings is 2. The zero-order valence-electron chi connectivity index (χ0n) is 44.4. The fourth-order valence-corrected chi connectivity index (χ4v) is 14.1. The number of ether oxygens (including phenoxy) is 3. The van der Waals surface area contributed by atoms with Crippen molar-refractivity contribution in [2.24, 2.45) is 21.8 Å². The first-order valence-electron chi connectivity index (χ1n) is 25.6. The summed E-state index contributed by atoms with van der Waals surface area (Å²) in [5.74, 6) is -1.86. The summed E-state index contributed by atoms with van der Waals surface area (Å²) in [7, 11) is -4.97. The number of nitrogens with zero attached hydrogens (tertiary/aromatic N) is 9. The summed E-state index contributed by atoms with van der Waals surface area (Å²) in [5.41, 5.74) is 2.45. The molecule has 0 radical (unpaired) electrons. The number of aliphatic hydroxyl groups excluding tert-OH is 1. The van der Waals surface area contributed by atoms with Crippen molar-refractivity contribution in [3.63, 3.8) is 0 Å². The van der Waals surface area contributed by atoms with E-state index in [1.54, 1.807) is 30.1 Å². The van der Waals surface area contributed by atoms with Crippen molar-refractivity contribution >= 4 is 89.5 Å². The maximum atomic E-state index is 13.9. The Balaban J connectivity index is 0.000000185. The molecule has 0 amide bonds. The molecule has 4 N–H and O–H groups in total. The minimum Gasteiger partial charge on any atom is -0.466 e. The number of halogens is 4. The average Bonchev–Trinajstić information content (AvgIpc) is 3.21. The van der Waals surface area contributed by atoms with Crippen molar-refractivity contribution in [1.29, 1.82) is 0 Å². The number of sulfonamides is 2. The van der Waals surface area contributed by atoms with Gasteiger partial charge in [-0.2, -0.15) is 18.8 Å². The van der Waals surface area contributed by atoms with Crippen LogP contribution in [0.4, 0.5) is 8.78 Å². The lowest BCUT2D eigenvalue weighted by atomic mass is 9.86. The summed E-state index contributed by atoms with van der Waals surface area (Å²) in [6, 6.07) is 6.07. The number of aromatic amines is 1. The second kappa shape index (κ2) is 26.1. The van der Waals surface area contributed by atoms with Crippen molar-refractivity contribution in [3.8, 4) is 0 Å². The number of rotatable bonds is 14. The molecule has 5 aliphatic rings. The van der Waals surface area contributed by atoms with E-state index in [9.17, 15) is 40.3 Å². The number of piperidine rings is 2. The van der Waals surface area contributed by atoms with Crippen molar-refractivity contribution in [2.45, 2.75) is 80.2 Å². The highest BCUT2D eigenvalue weighted by atomic mass is 35.5. The van der Waals surface area contributed by atoms with Gasteiger partial charge >= 0.3 is 11.9 Å². The predicted octanol–water partition coefficient (Wildman–Crippen LogP) is 6.81. The van der Waals surface area contributed by atoms with E-state index in [1.807, 2.05) is 0 Å². The number of hydrogen-bond acceptors (Lipinski definition) is 20. The molecular weight excluding hydrogens is 1190 g/mol. The Morgan fingerprint density at radius 2 is 1.22 bits per heavy atom. The minimum absolute atomic E-state index is 0.0473. The average molecular weight is 1250 g/mol. The van der Waals surface area contributed by atoms with Gasteiger partial charge < -0.3 is 30.0 Å². The summed E-state index contributed by atoms with van der Waals surface area (Å²) in [6.45, 7) is 5.68. The molecule has 0 saturated carbocycles. The number of hydrogen-bond donors (Lipinski definition) is 4. The first kappa shape index (κ1) is 60.3. The topological polar surface area (TPSA) is 281 Å². The molecule has 0 aliphatic carbocycles. The lowest BCUT2D eigenvalue weighted by Crippen LogP contribution is -2.43. The van der Waals surface area contributed by atoms with Crippen LogP contribution in [0.25, 0.3) is 0 Å². The van der Waals surface area contributed by atoms with Crippen LogP contribution in [0.3, 0.4) is 0 Å². The van der Waals surface area contributed by atoms with Gasteiger partial charge in [0.2, 0.25) is 20.0 Å². The van der Waals surface area contributed by atoms with Gasteiger partial charge in [-0.15, -0.1) is 22.7 Å². The summed E-state index contributed by atoms with van der Waals surface area (Å²) < 4.78 is 99.5. The van der Waals surface area contributed by atoms with Gasteiger partial charge in [0.1, 0.15) is 33.5 Å². The molecule has 2 unspecified atom stereocenters. The third-order valence-electron chi connectivity index (χ3n) is 13.8. The number of thiazole rings is 2. The molecule has 4 aromatic heterocycles. The van der Waals surface area contributed by atoms with Crippen molar-refractivity contribution in [2.75, 3.05) is 47.0 Å². The van der Waals surface area contributed by atoms with Crippen LogP contribution >= 0.6 is 45.9 Å². The second-order valence-corrected chi connectivity index (χ2v) is 25.8. The third kappa shape index (κ3) is 13.7. The molecule has 9 heterocycles. The van der Waals surface area contributed by atoms with Gasteiger partial charge in [-0.25, -0.2) is 45.2 Å². The number of aliphatic imine (C=N–C) groups is 2. The van der Waals surface area contributed by atoms with Gasteiger partial charge in [0.05, 0.1) is 63.1 Å². The minimum atomic E-state index is -3.82. The second-order valence-electron chi connectivity index (χ2n) is 19.3. The Labute approximate surface area is 489 Å². The maximum absolute atomic E-state index is 13.9. The van der Waals surface area contributed by atoms with Gasteiger partial charge in [-0.3, -0.25) is 19.8 Å². The Hall–Kier alpha value is -6.34. The van der Waals surface area contributed by atoms with Crippen LogP contribution in [-0.4, -0.2) is 143 Å². The highest BCUT2D eigenvalue weighted by Gasteiger charge is 2.41. The monoisotopic (exact) mass is 1240 g/mol. The first-order chi connectivity index (χ1) is 39.3. The number of nitrogens with one attached hydrogen (secondary N) is 3. The molecule has 3 fully saturated rings. The zero-order valence-corrected chi connectivity index (χ0v) is 49.2. The van der Waals surface area contributed by atoms with Crippen LogP contribution < -0.4 is 10.6 Å². The molecule has 0 spiro atoms. The third-order valence-corrected chi connectivity index (χ3v) is 19.7. The summed E-state index contributed by atoms with van der Waals surface area (Å²) in [6.07, 6.45) is 10.2. The van der Waals surface area contributed by atoms with Gasteiger partial charge in [-0.1, -0.05) is 35.3 Å². The highest BCUT2D eigenvalue weighted by molar-refractivity contribution is 7.89. The van der Waals surface area contributed by atoms with Crippen LogP contribution in [-0.2, 0) is 50.4 Å². The number of amidine groups is 2. The number of aromatic nitrogens is 6. The quantitative estimate of drug-likeness (QED) is 0.0643. The standard InChI is InChI=1S/C26H28ClFN6O5S2.C23H22ClFN6O4S2.C3H6O/c1-15(35)13-33-14-18(12-30-33)41(37,38)34-8-5-16(6-9-34)22-21(26(36)39-2)23(19-4-3-17(28)11-20(19)27)32-24(31-22)25-29-7-10-40-25;1-35-23(32)18-19(13-4-7-31(8-5-13)37(33,34)15-11-27-28-12-15)29-21(22-26-6-9-36-22)30-20(18)16-3-2-14(25)10-17(16)24;1-3-2-4-3/h3-4,7,10-12,14-16,23,35H,5-6,8-9,13H2,1-2H3,(H,31,32);2-3,6,9-13,20H,4-5,7-8H2,1H3,(H,27,28)(H,29,30);3H,2H2,1H3/t15-,23?;;3-/m1.1/s1. The van der Waals surface area contributed by atoms with Crippen LogP contribution in [0.5, 0.6) is 0 Å². The summed E-state index contributed by atoms with van der Waals surface area (Å²) in [5, 5.41) is 31.5. The Morgan fingerprint density at radius 1 is 0.768 bits per heavy atom. The van der Waals surface area contributed by atoms with E-state index in [0.717, 1.165) is 6.61 Å². The number of aliphatic hydroxyl groups is 1. The van der Waals surface area contributed by atoms with Crippen LogP contribution in [0.2, 0.25) is 10.0 Å². The lowest BCUT2D eigenvalue weighted by Gasteiger charge is -2.36. The Morgan fingerprint density at radius 3 is 1.59 bits per heavy atom. The Kier molecular flexibility index (Phi) is 19.2. The Bertz CT molecular complexity index is 3620. The number of carbonyl (C=O) groups excluding carboxylic acids is 2. The fourth-order valence-electron chi connectivity index (χ4n) is 9.63. The molecule has 5 aliphatic heterocycles. The molecule has 11 rings (SSSR count). The molecule has 6 aromatic rings. The van der Waals surface area contributed by atoms with Gasteiger partial charge in [0.25, 0.3) is 0 Å². The molecule has 30 heteroatoms. The predicted molar refractivity (Wildman–Crippen MR) is 301 cm³/mol. The largest absolute Gasteiger partial charge is 0.466 e. The van der Waals surface area contributed by atoms with E-state index in [-0.39, 0.29) is 75.5 Å². The molecular formula is C52H56Cl2F2N12O10S4. The van der Waals surface area contributed by atoms with Crippen LogP contribution in [0.1, 0.15) is 72.8 Å². The van der Waals surface area contributed by atoms with Gasteiger partial charge in [-0.05, 0) is 63.8 Å². The molecule has 436 valence electrons. The molecule has 82 heavy (non-hydrogen) atoms. The van der Waals surface area contributed by atoms with E-state index in [2.05, 4.69) is 42.8 Å². The number of allylic oxidation sites excluding steroid dienone is 2. The summed E-state index contributed by atoms with van der Waals surface area (Å²) in [4.78, 5) is 44.7. The molecule has 2 aromatic carbocycles.